The minimum absolute atomic E-state index is 0.00782. The van der Waals surface area contributed by atoms with Gasteiger partial charge in [-0.05, 0) is 19.8 Å². The fourth-order valence-corrected chi connectivity index (χ4v) is 3.39. The van der Waals surface area contributed by atoms with Gasteiger partial charge < -0.3 is 9.64 Å². The highest BCUT2D eigenvalue weighted by Crippen LogP contribution is 2.38. The van der Waals surface area contributed by atoms with E-state index < -0.39 is 0 Å². The summed E-state index contributed by atoms with van der Waals surface area (Å²) in [4.78, 5) is 14.7. The molecule has 1 aliphatic carbocycles. The summed E-state index contributed by atoms with van der Waals surface area (Å²) in [6.07, 6.45) is 5.78. The van der Waals surface area contributed by atoms with Crippen LogP contribution in [0.15, 0.2) is 0 Å². The van der Waals surface area contributed by atoms with Crippen molar-refractivity contribution in [1.82, 2.24) is 4.90 Å². The van der Waals surface area contributed by atoms with Crippen molar-refractivity contribution in [2.75, 3.05) is 19.0 Å². The molecule has 2 fully saturated rings. The zero-order chi connectivity index (χ0) is 13.2. The van der Waals surface area contributed by atoms with Gasteiger partial charge >= 0.3 is 0 Å². The first-order chi connectivity index (χ1) is 8.55. The Hall–Kier alpha value is -0.280. The summed E-state index contributed by atoms with van der Waals surface area (Å²) in [7, 11) is 0. The Labute approximate surface area is 115 Å². The molecule has 2 rings (SSSR count). The van der Waals surface area contributed by atoms with Gasteiger partial charge in [-0.25, -0.2) is 0 Å². The molecular weight excluding hydrogens is 250 g/mol. The number of nitrogens with zero attached hydrogens (tertiary/aromatic N) is 1. The molecule has 0 aromatic rings. The van der Waals surface area contributed by atoms with Gasteiger partial charge in [-0.2, -0.15) is 0 Å². The van der Waals surface area contributed by atoms with Gasteiger partial charge in [0.1, 0.15) is 0 Å². The second-order valence-corrected chi connectivity index (χ2v) is 6.36. The third-order valence-corrected chi connectivity index (χ3v) is 4.60. The largest absolute Gasteiger partial charge is 0.370 e. The zero-order valence-electron chi connectivity index (χ0n) is 11.5. The van der Waals surface area contributed by atoms with E-state index in [9.17, 15) is 4.79 Å². The third kappa shape index (κ3) is 3.00. The monoisotopic (exact) mass is 273 g/mol. The molecule has 0 spiro atoms. The van der Waals surface area contributed by atoms with Crippen LogP contribution < -0.4 is 0 Å². The fourth-order valence-electron chi connectivity index (χ4n) is 3.22. The third-order valence-electron chi connectivity index (χ3n) is 4.26. The van der Waals surface area contributed by atoms with Crippen LogP contribution in [0.2, 0.25) is 0 Å². The second-order valence-electron chi connectivity index (χ2n) is 6.05. The molecule has 1 amide bonds. The molecule has 0 radical (unpaired) electrons. The highest BCUT2D eigenvalue weighted by atomic mass is 35.5. The molecular formula is C14H24ClNO2. The lowest BCUT2D eigenvalue weighted by Crippen LogP contribution is -2.54. The van der Waals surface area contributed by atoms with E-state index in [4.69, 9.17) is 16.3 Å². The standard InChI is InChI=1S/C14H24ClNO2/c1-11-9-16(10-12(8-15)18-11)13(17)14(2)6-4-3-5-7-14/h11-12H,3-10H2,1-2H3. The van der Waals surface area contributed by atoms with E-state index in [1.807, 2.05) is 11.8 Å². The Morgan fingerprint density at radius 1 is 1.33 bits per heavy atom. The van der Waals surface area contributed by atoms with Gasteiger partial charge in [0.15, 0.2) is 0 Å². The van der Waals surface area contributed by atoms with Crippen LogP contribution in [0.3, 0.4) is 0 Å². The van der Waals surface area contributed by atoms with Gasteiger partial charge in [-0.15, -0.1) is 11.6 Å². The summed E-state index contributed by atoms with van der Waals surface area (Å²) < 4.78 is 5.71. The summed E-state index contributed by atoms with van der Waals surface area (Å²) >= 11 is 5.87. The van der Waals surface area contributed by atoms with Crippen molar-refractivity contribution in [3.63, 3.8) is 0 Å². The SMILES string of the molecule is CC1CN(C(=O)C2(C)CCCCC2)CC(CCl)O1. The van der Waals surface area contributed by atoms with Crippen molar-refractivity contribution in [1.29, 1.82) is 0 Å². The number of morpholine rings is 1. The lowest BCUT2D eigenvalue weighted by atomic mass is 9.74. The molecule has 4 heteroatoms. The molecule has 1 heterocycles. The van der Waals surface area contributed by atoms with Crippen molar-refractivity contribution in [3.8, 4) is 0 Å². The maximum Gasteiger partial charge on any atom is 0.228 e. The van der Waals surface area contributed by atoms with Gasteiger partial charge in [0.05, 0.1) is 18.1 Å². The van der Waals surface area contributed by atoms with Crippen molar-refractivity contribution < 1.29 is 9.53 Å². The van der Waals surface area contributed by atoms with E-state index in [1.54, 1.807) is 0 Å². The number of hydrogen-bond donors (Lipinski definition) is 0. The van der Waals surface area contributed by atoms with E-state index in [0.717, 1.165) is 12.8 Å². The highest BCUT2D eigenvalue weighted by molar-refractivity contribution is 6.18. The van der Waals surface area contributed by atoms with Gasteiger partial charge in [-0.3, -0.25) is 4.79 Å². The number of amides is 1. The number of carbonyl (C=O) groups excluding carboxylic acids is 1. The van der Waals surface area contributed by atoms with Crippen LogP contribution >= 0.6 is 11.6 Å². The number of hydrogen-bond acceptors (Lipinski definition) is 2. The summed E-state index contributed by atoms with van der Waals surface area (Å²) in [5.41, 5.74) is -0.147. The van der Waals surface area contributed by atoms with Crippen LogP contribution in [0.25, 0.3) is 0 Å². The first kappa shape index (κ1) is 14.1. The average Bonchev–Trinajstić information content (AvgIpc) is 2.38. The quantitative estimate of drug-likeness (QED) is 0.724. The van der Waals surface area contributed by atoms with Crippen LogP contribution in [0.4, 0.5) is 0 Å². The zero-order valence-corrected chi connectivity index (χ0v) is 12.2. The van der Waals surface area contributed by atoms with E-state index in [-0.39, 0.29) is 17.6 Å². The van der Waals surface area contributed by atoms with Crippen molar-refractivity contribution >= 4 is 17.5 Å². The summed E-state index contributed by atoms with van der Waals surface area (Å²) in [5, 5.41) is 0. The predicted octanol–water partition coefficient (Wildman–Crippen LogP) is 2.81. The van der Waals surface area contributed by atoms with E-state index in [1.165, 1.54) is 19.3 Å². The lowest BCUT2D eigenvalue weighted by Gasteiger charge is -2.42. The normalized spacial score (nSPS) is 32.3. The minimum Gasteiger partial charge on any atom is -0.370 e. The number of halogens is 1. The van der Waals surface area contributed by atoms with Crippen molar-refractivity contribution in [3.05, 3.63) is 0 Å². The molecule has 2 unspecified atom stereocenters. The molecule has 1 aliphatic heterocycles. The van der Waals surface area contributed by atoms with Crippen LogP contribution in [0.1, 0.15) is 46.0 Å². The van der Waals surface area contributed by atoms with Gasteiger partial charge in [0, 0.05) is 18.5 Å². The van der Waals surface area contributed by atoms with Gasteiger partial charge in [0.25, 0.3) is 0 Å². The molecule has 1 saturated carbocycles. The molecule has 104 valence electrons. The lowest BCUT2D eigenvalue weighted by molar-refractivity contribution is -0.154. The predicted molar refractivity (Wildman–Crippen MR) is 72.8 cm³/mol. The maximum absolute atomic E-state index is 12.7. The molecule has 0 aromatic carbocycles. The molecule has 0 aromatic heterocycles. The Balaban J connectivity index is 2.03. The van der Waals surface area contributed by atoms with E-state index in [2.05, 4.69) is 6.92 Å². The summed E-state index contributed by atoms with van der Waals surface area (Å²) in [5.74, 6) is 0.776. The van der Waals surface area contributed by atoms with Crippen molar-refractivity contribution in [2.24, 2.45) is 5.41 Å². The average molecular weight is 274 g/mol. The maximum atomic E-state index is 12.7. The van der Waals surface area contributed by atoms with Crippen LogP contribution in [0, 0.1) is 5.41 Å². The van der Waals surface area contributed by atoms with E-state index >= 15 is 0 Å². The van der Waals surface area contributed by atoms with Crippen molar-refractivity contribution in [2.45, 2.75) is 58.2 Å². The number of rotatable bonds is 2. The Bertz CT molecular complexity index is 302. The van der Waals surface area contributed by atoms with E-state index in [0.29, 0.717) is 24.9 Å². The first-order valence-electron chi connectivity index (χ1n) is 7.06. The molecule has 18 heavy (non-hydrogen) atoms. The summed E-state index contributed by atoms with van der Waals surface area (Å²) in [6.45, 7) is 5.51. The molecule has 2 atom stereocenters. The molecule has 2 aliphatic rings. The fraction of sp³-hybridized carbons (Fsp3) is 0.929. The van der Waals surface area contributed by atoms with Crippen LogP contribution in [-0.4, -0.2) is 42.0 Å². The molecule has 3 nitrogen and oxygen atoms in total. The smallest absolute Gasteiger partial charge is 0.228 e. The number of ether oxygens (including phenoxy) is 1. The Morgan fingerprint density at radius 3 is 2.61 bits per heavy atom. The second kappa shape index (κ2) is 5.79. The molecule has 1 saturated heterocycles. The topological polar surface area (TPSA) is 29.5 Å². The molecule has 0 N–H and O–H groups in total. The minimum atomic E-state index is -0.147. The van der Waals surface area contributed by atoms with Gasteiger partial charge in [-0.1, -0.05) is 26.2 Å². The number of alkyl halides is 1. The van der Waals surface area contributed by atoms with Crippen LogP contribution in [0.5, 0.6) is 0 Å². The highest BCUT2D eigenvalue weighted by Gasteiger charge is 2.40. The van der Waals surface area contributed by atoms with Gasteiger partial charge in [0.2, 0.25) is 5.91 Å². The Morgan fingerprint density at radius 2 is 2.00 bits per heavy atom. The molecule has 0 bridgehead atoms. The van der Waals surface area contributed by atoms with Crippen LogP contribution in [-0.2, 0) is 9.53 Å². The summed E-state index contributed by atoms with van der Waals surface area (Å²) in [6, 6.07) is 0. The number of carbonyl (C=O) groups is 1. The Kier molecular flexibility index (Phi) is 4.54. The first-order valence-corrected chi connectivity index (χ1v) is 7.59.